The van der Waals surface area contributed by atoms with E-state index in [2.05, 4.69) is 10.2 Å². The fourth-order valence-corrected chi connectivity index (χ4v) is 5.01. The largest absolute Gasteiger partial charge is 0.367 e. The van der Waals surface area contributed by atoms with Crippen molar-refractivity contribution in [2.45, 2.75) is 12.8 Å². The normalized spacial score (nSPS) is 15.5. The Kier molecular flexibility index (Phi) is 7.60. The molecule has 2 fully saturated rings. The minimum atomic E-state index is -0.417. The second-order valence-corrected chi connectivity index (χ2v) is 9.91. The van der Waals surface area contributed by atoms with E-state index >= 15 is 0 Å². The highest BCUT2D eigenvalue weighted by molar-refractivity contribution is 6.30. The Bertz CT molecular complexity index is 1330. The van der Waals surface area contributed by atoms with Crippen molar-refractivity contribution in [1.29, 1.82) is 0 Å². The number of likely N-dealkylation sites (tertiary alicyclic amines) is 1. The number of rotatable bonds is 5. The summed E-state index contributed by atoms with van der Waals surface area (Å²) >= 11 is 5.95. The second kappa shape index (κ2) is 11.2. The molecule has 0 bridgehead atoms. The van der Waals surface area contributed by atoms with Gasteiger partial charge >= 0.3 is 0 Å². The highest BCUT2D eigenvalue weighted by Crippen LogP contribution is 2.29. The maximum atomic E-state index is 13.5. The Morgan fingerprint density at radius 2 is 1.32 bits per heavy atom. The lowest BCUT2D eigenvalue weighted by molar-refractivity contribution is 0.0743. The number of amides is 3. The van der Waals surface area contributed by atoms with Crippen LogP contribution in [0.25, 0.3) is 0 Å². The molecule has 0 unspecified atom stereocenters. The van der Waals surface area contributed by atoms with Gasteiger partial charge in [-0.2, -0.15) is 0 Å². The minimum Gasteiger partial charge on any atom is -0.367 e. The third kappa shape index (κ3) is 5.65. The third-order valence-corrected chi connectivity index (χ3v) is 7.24. The van der Waals surface area contributed by atoms with E-state index in [-0.39, 0.29) is 17.7 Å². The van der Waals surface area contributed by atoms with Crippen LogP contribution in [0.2, 0.25) is 5.02 Å². The molecule has 9 heteroatoms. The highest BCUT2D eigenvalue weighted by Gasteiger charge is 2.28. The topological polar surface area (TPSA) is 73.0 Å². The zero-order valence-electron chi connectivity index (χ0n) is 20.8. The van der Waals surface area contributed by atoms with Gasteiger partial charge in [-0.05, 0) is 79.6 Å². The molecule has 2 heterocycles. The molecule has 196 valence electrons. The molecule has 3 aromatic carbocycles. The van der Waals surface area contributed by atoms with Crippen LogP contribution in [0.5, 0.6) is 0 Å². The zero-order chi connectivity index (χ0) is 26.6. The Labute approximate surface area is 225 Å². The first-order chi connectivity index (χ1) is 18.4. The van der Waals surface area contributed by atoms with Crippen LogP contribution >= 0.6 is 11.6 Å². The van der Waals surface area contributed by atoms with Crippen molar-refractivity contribution < 1.29 is 18.8 Å². The quantitative estimate of drug-likeness (QED) is 0.504. The molecule has 1 N–H and O–H groups in total. The van der Waals surface area contributed by atoms with Gasteiger partial charge in [0.25, 0.3) is 17.7 Å². The van der Waals surface area contributed by atoms with Crippen LogP contribution in [-0.4, -0.2) is 66.8 Å². The number of carbonyl (C=O) groups excluding carboxylic acids is 3. The first-order valence-corrected chi connectivity index (χ1v) is 13.1. The standard InChI is InChI=1S/C29H28ClFN4O3/c30-22-7-3-21(4-8-22)28(37)35-17-15-33(16-18-35)26-12-11-24(19-25(26)29(38)34-13-1-2-14-34)32-27(36)20-5-9-23(31)10-6-20/h3-12,19H,1-2,13-18H2,(H,32,36). The molecule has 7 nitrogen and oxygen atoms in total. The molecular weight excluding hydrogens is 507 g/mol. The van der Waals surface area contributed by atoms with Crippen molar-refractivity contribution in [1.82, 2.24) is 9.80 Å². The van der Waals surface area contributed by atoms with Crippen molar-refractivity contribution in [2.75, 3.05) is 49.5 Å². The second-order valence-electron chi connectivity index (χ2n) is 9.48. The van der Waals surface area contributed by atoms with Gasteiger partial charge < -0.3 is 20.0 Å². The van der Waals surface area contributed by atoms with Gasteiger partial charge in [-0.25, -0.2) is 4.39 Å². The summed E-state index contributed by atoms with van der Waals surface area (Å²) in [5.74, 6) is -0.922. The van der Waals surface area contributed by atoms with E-state index in [0.29, 0.717) is 66.7 Å². The Hall–Kier alpha value is -3.91. The SMILES string of the molecule is O=C(Nc1ccc(N2CCN(C(=O)c3ccc(Cl)cc3)CC2)c(C(=O)N2CCCC2)c1)c1ccc(F)cc1. The molecule has 5 rings (SSSR count). The van der Waals surface area contributed by atoms with Crippen molar-refractivity contribution in [3.8, 4) is 0 Å². The number of carbonyl (C=O) groups is 3. The van der Waals surface area contributed by atoms with Crippen LogP contribution in [0.1, 0.15) is 43.9 Å². The van der Waals surface area contributed by atoms with E-state index in [1.807, 2.05) is 11.0 Å². The number of anilines is 2. The Morgan fingerprint density at radius 3 is 1.97 bits per heavy atom. The molecule has 0 atom stereocenters. The fraction of sp³-hybridized carbons (Fsp3) is 0.276. The number of halogens is 2. The summed E-state index contributed by atoms with van der Waals surface area (Å²) < 4.78 is 13.3. The molecule has 2 saturated heterocycles. The Balaban J connectivity index is 1.34. The van der Waals surface area contributed by atoms with Gasteiger partial charge in [0.15, 0.2) is 0 Å². The molecule has 0 spiro atoms. The number of piperazine rings is 1. The predicted octanol–water partition coefficient (Wildman–Crippen LogP) is 4.93. The molecular formula is C29H28ClFN4O3. The minimum absolute atomic E-state index is 0.0477. The first-order valence-electron chi connectivity index (χ1n) is 12.7. The monoisotopic (exact) mass is 534 g/mol. The summed E-state index contributed by atoms with van der Waals surface area (Å²) in [5.41, 5.74) is 2.70. The van der Waals surface area contributed by atoms with Crippen LogP contribution in [-0.2, 0) is 0 Å². The molecule has 0 saturated carbocycles. The van der Waals surface area contributed by atoms with Gasteiger partial charge in [-0.1, -0.05) is 11.6 Å². The average molecular weight is 535 g/mol. The van der Waals surface area contributed by atoms with Crippen molar-refractivity contribution in [2.24, 2.45) is 0 Å². The van der Waals surface area contributed by atoms with Crippen LogP contribution in [0.4, 0.5) is 15.8 Å². The van der Waals surface area contributed by atoms with Gasteiger partial charge in [-0.3, -0.25) is 14.4 Å². The van der Waals surface area contributed by atoms with Gasteiger partial charge in [0.2, 0.25) is 0 Å². The van der Waals surface area contributed by atoms with Crippen molar-refractivity contribution >= 4 is 40.7 Å². The number of hydrogen-bond acceptors (Lipinski definition) is 4. The summed E-state index contributed by atoms with van der Waals surface area (Å²) in [5, 5.41) is 3.41. The van der Waals surface area contributed by atoms with E-state index in [9.17, 15) is 18.8 Å². The number of nitrogens with one attached hydrogen (secondary N) is 1. The summed E-state index contributed by atoms with van der Waals surface area (Å²) in [7, 11) is 0. The summed E-state index contributed by atoms with van der Waals surface area (Å²) in [6.45, 7) is 3.58. The number of nitrogens with zero attached hydrogens (tertiary/aromatic N) is 3. The lowest BCUT2D eigenvalue weighted by Gasteiger charge is -2.37. The molecule has 3 aromatic rings. The number of benzene rings is 3. The van der Waals surface area contributed by atoms with Crippen molar-refractivity contribution in [3.05, 3.63) is 94.3 Å². The van der Waals surface area contributed by atoms with Gasteiger partial charge in [0, 0.05) is 66.8 Å². The van der Waals surface area contributed by atoms with E-state index in [1.54, 1.807) is 41.3 Å². The summed E-state index contributed by atoms with van der Waals surface area (Å²) in [6.07, 6.45) is 1.93. The molecule has 0 aromatic heterocycles. The van der Waals surface area contributed by atoms with Gasteiger partial charge in [-0.15, -0.1) is 0 Å². The van der Waals surface area contributed by atoms with E-state index in [0.717, 1.165) is 18.5 Å². The maximum Gasteiger partial charge on any atom is 0.256 e. The van der Waals surface area contributed by atoms with E-state index < -0.39 is 5.82 Å². The predicted molar refractivity (Wildman–Crippen MR) is 146 cm³/mol. The molecule has 2 aliphatic rings. The van der Waals surface area contributed by atoms with Crippen LogP contribution < -0.4 is 10.2 Å². The van der Waals surface area contributed by atoms with Crippen molar-refractivity contribution in [3.63, 3.8) is 0 Å². The first kappa shape index (κ1) is 25.7. The third-order valence-electron chi connectivity index (χ3n) is 6.98. The Morgan fingerprint density at radius 1 is 0.711 bits per heavy atom. The zero-order valence-corrected chi connectivity index (χ0v) is 21.6. The van der Waals surface area contributed by atoms with Crippen LogP contribution in [0.15, 0.2) is 66.7 Å². The molecule has 0 aliphatic carbocycles. The molecule has 3 amide bonds. The van der Waals surface area contributed by atoms with Crippen LogP contribution in [0.3, 0.4) is 0 Å². The van der Waals surface area contributed by atoms with E-state index in [4.69, 9.17) is 11.6 Å². The summed E-state index contributed by atoms with van der Waals surface area (Å²) in [4.78, 5) is 44.9. The van der Waals surface area contributed by atoms with Gasteiger partial charge in [0.1, 0.15) is 5.82 Å². The maximum absolute atomic E-state index is 13.5. The smallest absolute Gasteiger partial charge is 0.256 e. The lowest BCUT2D eigenvalue weighted by Crippen LogP contribution is -2.49. The highest BCUT2D eigenvalue weighted by atomic mass is 35.5. The summed E-state index contributed by atoms with van der Waals surface area (Å²) in [6, 6.07) is 17.5. The molecule has 0 radical (unpaired) electrons. The molecule has 2 aliphatic heterocycles. The fourth-order valence-electron chi connectivity index (χ4n) is 4.88. The molecule has 38 heavy (non-hydrogen) atoms. The van der Waals surface area contributed by atoms with Gasteiger partial charge in [0.05, 0.1) is 5.56 Å². The van der Waals surface area contributed by atoms with Crippen LogP contribution in [0, 0.1) is 5.82 Å². The van der Waals surface area contributed by atoms with E-state index in [1.165, 1.54) is 24.3 Å². The lowest BCUT2D eigenvalue weighted by atomic mass is 10.1. The number of hydrogen-bond donors (Lipinski definition) is 1. The average Bonchev–Trinajstić information content (AvgIpc) is 3.48.